The van der Waals surface area contributed by atoms with Crippen LogP contribution in [-0.4, -0.2) is 35.4 Å². The zero-order valence-electron chi connectivity index (χ0n) is 11.0. The van der Waals surface area contributed by atoms with Crippen molar-refractivity contribution in [2.24, 2.45) is 0 Å². The van der Waals surface area contributed by atoms with Crippen molar-refractivity contribution in [1.29, 1.82) is 0 Å². The van der Waals surface area contributed by atoms with Gasteiger partial charge in [-0.3, -0.25) is 4.79 Å². The number of nitrogens with zero attached hydrogens (tertiary/aromatic N) is 1. The summed E-state index contributed by atoms with van der Waals surface area (Å²) in [7, 11) is 0. The molecular weight excluding hydrogens is 266 g/mol. The molecule has 2 heterocycles. The smallest absolute Gasteiger partial charge is 0.343 e. The predicted octanol–water partition coefficient (Wildman–Crippen LogP) is 1.32. The topological polar surface area (TPSA) is 80.3 Å². The number of esters is 1. The Balaban J connectivity index is 2.16. The highest BCUT2D eigenvalue weighted by atomic mass is 32.1. The molecule has 2 rings (SSSR count). The number of ether oxygens (including phenoxy) is 1. The number of carbonyl (C=O) groups is 2. The minimum absolute atomic E-state index is 0.0351. The first-order chi connectivity index (χ1) is 9.13. The summed E-state index contributed by atoms with van der Waals surface area (Å²) in [5.74, 6) is -0.431. The number of aryl methyl sites for hydroxylation is 1. The van der Waals surface area contributed by atoms with E-state index in [0.29, 0.717) is 29.4 Å². The molecule has 7 heteroatoms. The molecular formula is C12H17N3O3S. The predicted molar refractivity (Wildman–Crippen MR) is 72.5 cm³/mol. The van der Waals surface area contributed by atoms with Crippen LogP contribution in [0.4, 0.5) is 5.00 Å². The normalized spacial score (nSPS) is 18.8. The van der Waals surface area contributed by atoms with Crippen molar-refractivity contribution in [3.63, 3.8) is 0 Å². The molecule has 1 amide bonds. The van der Waals surface area contributed by atoms with E-state index in [1.807, 2.05) is 0 Å². The first-order valence-corrected chi connectivity index (χ1v) is 7.08. The number of hydrogen-bond donors (Lipinski definition) is 2. The van der Waals surface area contributed by atoms with Gasteiger partial charge in [-0.1, -0.05) is 0 Å². The Hall–Kier alpha value is -1.63. The summed E-state index contributed by atoms with van der Waals surface area (Å²) in [5.41, 5.74) is 1.06. The standard InChI is InChI=1S/C12H17N3O3S/c1-3-18-12(17)9-7(2)15-19-11(9)14-8-5-4-6-13-10(8)16/h8,14H,3-6H2,1-2H3,(H,13,16). The van der Waals surface area contributed by atoms with Crippen molar-refractivity contribution in [3.05, 3.63) is 11.3 Å². The number of nitrogens with one attached hydrogen (secondary N) is 2. The maximum absolute atomic E-state index is 11.9. The molecule has 0 aliphatic carbocycles. The molecule has 1 saturated heterocycles. The van der Waals surface area contributed by atoms with Gasteiger partial charge in [0.05, 0.1) is 12.3 Å². The van der Waals surface area contributed by atoms with E-state index in [1.54, 1.807) is 13.8 Å². The number of piperidine rings is 1. The monoisotopic (exact) mass is 283 g/mol. The van der Waals surface area contributed by atoms with E-state index < -0.39 is 5.97 Å². The van der Waals surface area contributed by atoms with Gasteiger partial charge in [-0.05, 0) is 38.2 Å². The van der Waals surface area contributed by atoms with Gasteiger partial charge >= 0.3 is 5.97 Å². The number of carbonyl (C=O) groups excluding carboxylic acids is 2. The zero-order valence-corrected chi connectivity index (χ0v) is 11.8. The van der Waals surface area contributed by atoms with Crippen molar-refractivity contribution in [3.8, 4) is 0 Å². The number of amides is 1. The highest BCUT2D eigenvalue weighted by Crippen LogP contribution is 2.27. The van der Waals surface area contributed by atoms with Crippen LogP contribution in [0.15, 0.2) is 0 Å². The molecule has 1 aliphatic heterocycles. The maximum Gasteiger partial charge on any atom is 0.343 e. The van der Waals surface area contributed by atoms with E-state index in [0.717, 1.165) is 12.8 Å². The van der Waals surface area contributed by atoms with Crippen molar-refractivity contribution >= 4 is 28.4 Å². The van der Waals surface area contributed by atoms with E-state index >= 15 is 0 Å². The molecule has 0 aromatic carbocycles. The van der Waals surface area contributed by atoms with Crippen LogP contribution in [-0.2, 0) is 9.53 Å². The summed E-state index contributed by atoms with van der Waals surface area (Å²) in [6.45, 7) is 4.55. The van der Waals surface area contributed by atoms with Crippen LogP contribution < -0.4 is 10.6 Å². The molecule has 19 heavy (non-hydrogen) atoms. The molecule has 1 aliphatic rings. The first kappa shape index (κ1) is 13.8. The third-order valence-electron chi connectivity index (χ3n) is 2.93. The Bertz CT molecular complexity index is 487. The molecule has 0 spiro atoms. The summed E-state index contributed by atoms with van der Waals surface area (Å²) < 4.78 is 9.17. The lowest BCUT2D eigenvalue weighted by atomic mass is 10.1. The van der Waals surface area contributed by atoms with Crippen LogP contribution >= 0.6 is 11.5 Å². The molecule has 1 atom stereocenters. The van der Waals surface area contributed by atoms with E-state index in [-0.39, 0.29) is 11.9 Å². The second-order valence-electron chi connectivity index (χ2n) is 4.32. The van der Waals surface area contributed by atoms with E-state index in [2.05, 4.69) is 15.0 Å². The van der Waals surface area contributed by atoms with Gasteiger partial charge in [-0.2, -0.15) is 4.37 Å². The Morgan fingerprint density at radius 3 is 3.11 bits per heavy atom. The van der Waals surface area contributed by atoms with Gasteiger partial charge in [-0.15, -0.1) is 0 Å². The minimum atomic E-state index is -0.396. The molecule has 0 radical (unpaired) electrons. The van der Waals surface area contributed by atoms with E-state index in [1.165, 1.54) is 11.5 Å². The van der Waals surface area contributed by atoms with Crippen LogP contribution in [0, 0.1) is 6.92 Å². The highest BCUT2D eigenvalue weighted by molar-refractivity contribution is 7.10. The first-order valence-electron chi connectivity index (χ1n) is 6.31. The maximum atomic E-state index is 11.9. The van der Waals surface area contributed by atoms with Crippen molar-refractivity contribution in [2.45, 2.75) is 32.7 Å². The number of rotatable bonds is 4. The fourth-order valence-corrected chi connectivity index (χ4v) is 2.82. The van der Waals surface area contributed by atoms with Gasteiger partial charge in [0.2, 0.25) is 5.91 Å². The van der Waals surface area contributed by atoms with Crippen LogP contribution in [0.5, 0.6) is 0 Å². The molecule has 1 fully saturated rings. The third kappa shape index (κ3) is 3.04. The number of aromatic nitrogens is 1. The molecule has 104 valence electrons. The van der Waals surface area contributed by atoms with Gasteiger partial charge in [0, 0.05) is 6.54 Å². The minimum Gasteiger partial charge on any atom is -0.462 e. The molecule has 0 bridgehead atoms. The lowest BCUT2D eigenvalue weighted by molar-refractivity contribution is -0.123. The molecule has 2 N–H and O–H groups in total. The second kappa shape index (κ2) is 6.01. The molecule has 1 unspecified atom stereocenters. The van der Waals surface area contributed by atoms with Gasteiger partial charge in [0.15, 0.2) is 0 Å². The third-order valence-corrected chi connectivity index (χ3v) is 3.80. The lowest BCUT2D eigenvalue weighted by Crippen LogP contribution is -2.44. The summed E-state index contributed by atoms with van der Waals surface area (Å²) in [5, 5.41) is 6.51. The Morgan fingerprint density at radius 1 is 1.63 bits per heavy atom. The second-order valence-corrected chi connectivity index (χ2v) is 5.10. The Kier molecular flexibility index (Phi) is 4.36. The van der Waals surface area contributed by atoms with Gasteiger partial charge in [0.25, 0.3) is 0 Å². The van der Waals surface area contributed by atoms with Crippen molar-refractivity contribution in [2.75, 3.05) is 18.5 Å². The largest absolute Gasteiger partial charge is 0.462 e. The van der Waals surface area contributed by atoms with Gasteiger partial charge in [0.1, 0.15) is 16.6 Å². The summed E-state index contributed by atoms with van der Waals surface area (Å²) >= 11 is 1.18. The van der Waals surface area contributed by atoms with Crippen LogP contribution in [0.25, 0.3) is 0 Å². The molecule has 0 saturated carbocycles. The molecule has 6 nitrogen and oxygen atoms in total. The Morgan fingerprint density at radius 2 is 2.42 bits per heavy atom. The lowest BCUT2D eigenvalue weighted by Gasteiger charge is -2.23. The van der Waals surface area contributed by atoms with Crippen molar-refractivity contribution in [1.82, 2.24) is 9.69 Å². The summed E-state index contributed by atoms with van der Waals surface area (Å²) in [4.78, 5) is 23.6. The molecule has 1 aromatic heterocycles. The van der Waals surface area contributed by atoms with Crippen molar-refractivity contribution < 1.29 is 14.3 Å². The molecule has 1 aromatic rings. The zero-order chi connectivity index (χ0) is 13.8. The summed E-state index contributed by atoms with van der Waals surface area (Å²) in [6.07, 6.45) is 1.68. The number of anilines is 1. The fourth-order valence-electron chi connectivity index (χ4n) is 1.98. The average Bonchev–Trinajstić information content (AvgIpc) is 2.74. The quantitative estimate of drug-likeness (QED) is 0.815. The van der Waals surface area contributed by atoms with E-state index in [4.69, 9.17) is 4.74 Å². The number of hydrogen-bond acceptors (Lipinski definition) is 6. The van der Waals surface area contributed by atoms with E-state index in [9.17, 15) is 9.59 Å². The van der Waals surface area contributed by atoms with Gasteiger partial charge < -0.3 is 15.4 Å². The SMILES string of the molecule is CCOC(=O)c1c(C)nsc1NC1CCCNC1=O. The van der Waals surface area contributed by atoms with Crippen LogP contribution in [0.1, 0.15) is 35.8 Å². The van der Waals surface area contributed by atoms with Crippen LogP contribution in [0.2, 0.25) is 0 Å². The fraction of sp³-hybridized carbons (Fsp3) is 0.583. The Labute approximate surface area is 115 Å². The average molecular weight is 283 g/mol. The highest BCUT2D eigenvalue weighted by Gasteiger charge is 2.26. The summed E-state index contributed by atoms with van der Waals surface area (Å²) in [6, 6.07) is -0.304. The van der Waals surface area contributed by atoms with Crippen LogP contribution in [0.3, 0.4) is 0 Å². The van der Waals surface area contributed by atoms with Gasteiger partial charge in [-0.25, -0.2) is 4.79 Å².